The Morgan fingerprint density at radius 3 is 2.56 bits per heavy atom. The van der Waals surface area contributed by atoms with Gasteiger partial charge >= 0.3 is 0 Å². The maximum atomic E-state index is 5.53. The first-order valence-corrected chi connectivity index (χ1v) is 5.99. The van der Waals surface area contributed by atoms with E-state index >= 15 is 0 Å². The highest BCUT2D eigenvalue weighted by molar-refractivity contribution is 9.10. The molecular weight excluding hydrogens is 272 g/mol. The lowest BCUT2D eigenvalue weighted by Crippen LogP contribution is -2.09. The molecule has 0 aliphatic rings. The molecule has 3 nitrogen and oxygen atoms in total. The molecule has 0 radical (unpaired) electrons. The molecule has 1 aromatic carbocycles. The lowest BCUT2D eigenvalue weighted by molar-refractivity contribution is 0.0544. The van der Waals surface area contributed by atoms with Crippen LogP contribution in [-0.4, -0.2) is 33.5 Å². The predicted molar refractivity (Wildman–Crippen MR) is 67.1 cm³/mol. The van der Waals surface area contributed by atoms with Gasteiger partial charge in [0, 0.05) is 11.6 Å². The fraction of sp³-hybridized carbons (Fsp3) is 0.500. The third kappa shape index (κ3) is 4.96. The van der Waals surface area contributed by atoms with Crippen LogP contribution in [0, 0.1) is 6.92 Å². The molecule has 0 bridgehead atoms. The van der Waals surface area contributed by atoms with E-state index in [2.05, 4.69) is 15.9 Å². The number of rotatable bonds is 7. The highest BCUT2D eigenvalue weighted by Crippen LogP contribution is 2.21. The summed E-state index contributed by atoms with van der Waals surface area (Å²) in [5, 5.41) is 0. The molecule has 1 aromatic rings. The Bertz CT molecular complexity index is 315. The van der Waals surface area contributed by atoms with E-state index in [0.717, 1.165) is 10.2 Å². The number of hydrogen-bond donors (Lipinski definition) is 0. The van der Waals surface area contributed by atoms with Crippen molar-refractivity contribution in [3.8, 4) is 5.75 Å². The molecule has 0 atom stereocenters. The third-order valence-electron chi connectivity index (χ3n) is 2.07. The van der Waals surface area contributed by atoms with Crippen molar-refractivity contribution in [2.45, 2.75) is 6.92 Å². The van der Waals surface area contributed by atoms with Gasteiger partial charge in [0.15, 0.2) is 0 Å². The van der Waals surface area contributed by atoms with E-state index < -0.39 is 0 Å². The normalized spacial score (nSPS) is 10.4. The number of aryl methyl sites for hydroxylation is 1. The van der Waals surface area contributed by atoms with Gasteiger partial charge in [-0.1, -0.05) is 22.0 Å². The minimum absolute atomic E-state index is 0.555. The molecule has 90 valence electrons. The number of hydrogen-bond acceptors (Lipinski definition) is 3. The number of methoxy groups -OCH3 is 1. The van der Waals surface area contributed by atoms with E-state index in [9.17, 15) is 0 Å². The van der Waals surface area contributed by atoms with Gasteiger partial charge in [-0.25, -0.2) is 0 Å². The Morgan fingerprint density at radius 2 is 1.88 bits per heavy atom. The lowest BCUT2D eigenvalue weighted by Gasteiger charge is -2.08. The Labute approximate surface area is 105 Å². The van der Waals surface area contributed by atoms with Gasteiger partial charge < -0.3 is 14.2 Å². The van der Waals surface area contributed by atoms with Crippen molar-refractivity contribution >= 4 is 15.9 Å². The first kappa shape index (κ1) is 13.5. The van der Waals surface area contributed by atoms with Crippen LogP contribution >= 0.6 is 15.9 Å². The fourth-order valence-electron chi connectivity index (χ4n) is 1.13. The van der Waals surface area contributed by atoms with Crippen molar-refractivity contribution < 1.29 is 14.2 Å². The zero-order valence-electron chi connectivity index (χ0n) is 9.66. The molecule has 0 heterocycles. The molecule has 0 unspecified atom stereocenters. The Morgan fingerprint density at radius 1 is 1.12 bits per heavy atom. The van der Waals surface area contributed by atoms with Gasteiger partial charge in [0.1, 0.15) is 12.4 Å². The Kier molecular flexibility index (Phi) is 6.45. The summed E-state index contributed by atoms with van der Waals surface area (Å²) in [6.45, 7) is 4.41. The van der Waals surface area contributed by atoms with Crippen molar-refractivity contribution in [1.82, 2.24) is 0 Å². The second-order valence-electron chi connectivity index (χ2n) is 3.36. The second-order valence-corrected chi connectivity index (χ2v) is 4.22. The highest BCUT2D eigenvalue weighted by atomic mass is 79.9. The zero-order valence-corrected chi connectivity index (χ0v) is 11.2. The maximum Gasteiger partial charge on any atom is 0.120 e. The minimum Gasteiger partial charge on any atom is -0.491 e. The summed E-state index contributed by atoms with van der Waals surface area (Å²) in [5.74, 6) is 0.854. The summed E-state index contributed by atoms with van der Waals surface area (Å²) < 4.78 is 16.7. The summed E-state index contributed by atoms with van der Waals surface area (Å²) >= 11 is 3.46. The van der Waals surface area contributed by atoms with Crippen LogP contribution in [0.2, 0.25) is 0 Å². The van der Waals surface area contributed by atoms with Gasteiger partial charge in [-0.2, -0.15) is 0 Å². The van der Waals surface area contributed by atoms with Gasteiger partial charge in [-0.15, -0.1) is 0 Å². The van der Waals surface area contributed by atoms with Crippen LogP contribution in [0.1, 0.15) is 5.56 Å². The fourth-order valence-corrected chi connectivity index (χ4v) is 1.48. The van der Waals surface area contributed by atoms with Crippen molar-refractivity contribution in [3.63, 3.8) is 0 Å². The molecule has 0 aromatic heterocycles. The molecule has 0 saturated heterocycles. The van der Waals surface area contributed by atoms with Gasteiger partial charge in [-0.3, -0.25) is 0 Å². The number of halogens is 1. The van der Waals surface area contributed by atoms with Crippen LogP contribution < -0.4 is 4.74 Å². The van der Waals surface area contributed by atoms with Gasteiger partial charge in [-0.05, 0) is 24.6 Å². The number of benzene rings is 1. The van der Waals surface area contributed by atoms with Crippen LogP contribution in [0.4, 0.5) is 0 Å². The summed E-state index contributed by atoms with van der Waals surface area (Å²) in [6, 6.07) is 5.94. The van der Waals surface area contributed by atoms with E-state index in [4.69, 9.17) is 14.2 Å². The molecule has 1 rings (SSSR count). The molecule has 0 aliphatic heterocycles. The molecule has 0 N–H and O–H groups in total. The van der Waals surface area contributed by atoms with Gasteiger partial charge in [0.2, 0.25) is 0 Å². The molecule has 0 fully saturated rings. The molecule has 16 heavy (non-hydrogen) atoms. The molecule has 0 saturated carbocycles. The molecule has 0 spiro atoms. The van der Waals surface area contributed by atoms with Crippen LogP contribution in [-0.2, 0) is 9.47 Å². The van der Waals surface area contributed by atoms with E-state index in [1.165, 1.54) is 5.56 Å². The summed E-state index contributed by atoms with van der Waals surface area (Å²) in [4.78, 5) is 0. The molecule has 4 heteroatoms. The summed E-state index contributed by atoms with van der Waals surface area (Å²) in [6.07, 6.45) is 0. The average Bonchev–Trinajstić information content (AvgIpc) is 2.28. The first-order chi connectivity index (χ1) is 7.74. The third-order valence-corrected chi connectivity index (χ3v) is 2.93. The quantitative estimate of drug-likeness (QED) is 0.722. The van der Waals surface area contributed by atoms with Crippen molar-refractivity contribution in [1.29, 1.82) is 0 Å². The highest BCUT2D eigenvalue weighted by Gasteiger charge is 1.98. The van der Waals surface area contributed by atoms with Gasteiger partial charge in [0.25, 0.3) is 0 Å². The van der Waals surface area contributed by atoms with Crippen molar-refractivity contribution in [3.05, 3.63) is 28.2 Å². The van der Waals surface area contributed by atoms with Crippen LogP contribution in [0.5, 0.6) is 5.75 Å². The van der Waals surface area contributed by atoms with E-state index in [1.807, 2.05) is 25.1 Å². The largest absolute Gasteiger partial charge is 0.491 e. The summed E-state index contributed by atoms with van der Waals surface area (Å²) in [7, 11) is 1.66. The standard InChI is InChI=1S/C12H17BrO3/c1-10-3-4-11(9-12(10)13)16-8-7-15-6-5-14-2/h3-4,9H,5-8H2,1-2H3. The predicted octanol–water partition coefficient (Wildman–Crippen LogP) is 2.80. The van der Waals surface area contributed by atoms with Gasteiger partial charge in [0.05, 0.1) is 19.8 Å². The first-order valence-electron chi connectivity index (χ1n) is 5.19. The second kappa shape index (κ2) is 7.65. The summed E-state index contributed by atoms with van der Waals surface area (Å²) in [5.41, 5.74) is 1.20. The minimum atomic E-state index is 0.555. The molecular formula is C12H17BrO3. The van der Waals surface area contributed by atoms with Crippen LogP contribution in [0.15, 0.2) is 22.7 Å². The molecule has 0 aliphatic carbocycles. The number of ether oxygens (including phenoxy) is 3. The average molecular weight is 289 g/mol. The van der Waals surface area contributed by atoms with Crippen molar-refractivity contribution in [2.75, 3.05) is 33.5 Å². The van der Waals surface area contributed by atoms with E-state index in [-0.39, 0.29) is 0 Å². The Hall–Kier alpha value is -0.580. The smallest absolute Gasteiger partial charge is 0.120 e. The van der Waals surface area contributed by atoms with Crippen LogP contribution in [0.25, 0.3) is 0 Å². The SMILES string of the molecule is COCCOCCOc1ccc(C)c(Br)c1. The van der Waals surface area contributed by atoms with E-state index in [0.29, 0.717) is 26.4 Å². The monoisotopic (exact) mass is 288 g/mol. The van der Waals surface area contributed by atoms with E-state index in [1.54, 1.807) is 7.11 Å². The lowest BCUT2D eigenvalue weighted by atomic mass is 10.2. The Balaban J connectivity index is 2.19. The van der Waals surface area contributed by atoms with Crippen molar-refractivity contribution in [2.24, 2.45) is 0 Å². The zero-order chi connectivity index (χ0) is 11.8. The topological polar surface area (TPSA) is 27.7 Å². The molecule has 0 amide bonds. The van der Waals surface area contributed by atoms with Crippen LogP contribution in [0.3, 0.4) is 0 Å². The maximum absolute atomic E-state index is 5.53.